The quantitative estimate of drug-likeness (QED) is 0.467. The zero-order valence-corrected chi connectivity index (χ0v) is 19.4. The van der Waals surface area contributed by atoms with Gasteiger partial charge in [0.05, 0.1) is 12.6 Å². The van der Waals surface area contributed by atoms with Crippen LogP contribution in [0.15, 0.2) is 47.6 Å². The molecule has 0 bridgehead atoms. The van der Waals surface area contributed by atoms with Gasteiger partial charge in [0.1, 0.15) is 5.82 Å². The lowest BCUT2D eigenvalue weighted by Gasteiger charge is -2.20. The second-order valence-corrected chi connectivity index (χ2v) is 9.18. The number of nitrogens with one attached hydrogen (secondary N) is 2. The maximum atomic E-state index is 10.6. The molecule has 31 heavy (non-hydrogen) atoms. The molecule has 0 saturated carbocycles. The topological polar surface area (TPSA) is 72.8 Å². The first-order valence-corrected chi connectivity index (χ1v) is 11.4. The van der Waals surface area contributed by atoms with E-state index in [9.17, 15) is 5.11 Å². The Balaban J connectivity index is 1.55. The van der Waals surface area contributed by atoms with Crippen LogP contribution in [0.4, 0.5) is 5.82 Å². The van der Waals surface area contributed by atoms with Crippen molar-refractivity contribution in [3.8, 4) is 0 Å². The summed E-state index contributed by atoms with van der Waals surface area (Å²) in [4.78, 5) is 11.6. The molecule has 3 rings (SSSR count). The lowest BCUT2D eigenvalue weighted by atomic mass is 9.86. The molecule has 1 aromatic carbocycles. The van der Waals surface area contributed by atoms with E-state index in [0.29, 0.717) is 19.0 Å². The number of benzene rings is 1. The molecule has 1 fully saturated rings. The molecular weight excluding hydrogens is 386 g/mol. The van der Waals surface area contributed by atoms with Crippen molar-refractivity contribution in [3.05, 3.63) is 59.3 Å². The lowest BCUT2D eigenvalue weighted by molar-refractivity contribution is 0.181. The third-order valence-electron chi connectivity index (χ3n) is 5.63. The van der Waals surface area contributed by atoms with Gasteiger partial charge in [0.2, 0.25) is 0 Å². The largest absolute Gasteiger partial charge is 0.387 e. The Bertz CT molecular complexity index is 834. The first-order valence-electron chi connectivity index (χ1n) is 11.4. The molecule has 0 aliphatic carbocycles. The van der Waals surface area contributed by atoms with E-state index >= 15 is 0 Å². The highest BCUT2D eigenvalue weighted by atomic mass is 16.3. The third kappa shape index (κ3) is 6.69. The van der Waals surface area contributed by atoms with Crippen LogP contribution in [0.5, 0.6) is 0 Å². The molecule has 1 saturated heterocycles. The second kappa shape index (κ2) is 10.6. The predicted octanol–water partition coefficient (Wildman–Crippen LogP) is 3.77. The maximum Gasteiger partial charge on any atom is 0.191 e. The van der Waals surface area contributed by atoms with Crippen LogP contribution in [-0.2, 0) is 12.0 Å². The number of guanidine groups is 1. The molecule has 6 heteroatoms. The molecule has 2 heterocycles. The van der Waals surface area contributed by atoms with Gasteiger partial charge in [0.25, 0.3) is 0 Å². The number of rotatable bonds is 7. The van der Waals surface area contributed by atoms with Gasteiger partial charge in [-0.05, 0) is 47.9 Å². The van der Waals surface area contributed by atoms with Crippen LogP contribution in [0.25, 0.3) is 0 Å². The molecule has 1 aromatic heterocycles. The van der Waals surface area contributed by atoms with E-state index in [1.165, 1.54) is 18.4 Å². The van der Waals surface area contributed by atoms with Gasteiger partial charge in [-0.3, -0.25) is 0 Å². The SMILES string of the molecule is CCNC(=NCc1ccc(N2CCCC2)nc1)NCC(O)c1ccc(C(C)(C)C)cc1. The zero-order chi connectivity index (χ0) is 22.3. The number of pyridine rings is 1. The Morgan fingerprint density at radius 1 is 1.10 bits per heavy atom. The summed E-state index contributed by atoms with van der Waals surface area (Å²) in [5.41, 5.74) is 3.33. The maximum absolute atomic E-state index is 10.6. The predicted molar refractivity (Wildman–Crippen MR) is 129 cm³/mol. The van der Waals surface area contributed by atoms with Crippen LogP contribution < -0.4 is 15.5 Å². The lowest BCUT2D eigenvalue weighted by Crippen LogP contribution is -2.39. The molecule has 3 N–H and O–H groups in total. The molecule has 1 aliphatic rings. The van der Waals surface area contributed by atoms with Crippen molar-refractivity contribution in [2.24, 2.45) is 4.99 Å². The van der Waals surface area contributed by atoms with E-state index in [2.05, 4.69) is 70.5 Å². The number of aromatic nitrogens is 1. The van der Waals surface area contributed by atoms with E-state index in [4.69, 9.17) is 0 Å². The van der Waals surface area contributed by atoms with E-state index in [-0.39, 0.29) is 5.41 Å². The molecule has 168 valence electrons. The molecule has 1 atom stereocenters. The summed E-state index contributed by atoms with van der Waals surface area (Å²) in [5.74, 6) is 1.74. The van der Waals surface area contributed by atoms with Crippen molar-refractivity contribution in [2.75, 3.05) is 31.1 Å². The number of aliphatic hydroxyl groups excluding tert-OH is 1. The van der Waals surface area contributed by atoms with Crippen molar-refractivity contribution in [3.63, 3.8) is 0 Å². The van der Waals surface area contributed by atoms with Crippen LogP contribution in [-0.4, -0.2) is 42.2 Å². The standard InChI is InChI=1S/C25H37N5O/c1-5-26-24(28-17-19-8-13-23(27-16-19)30-14-6-7-15-30)29-18-22(31)20-9-11-21(12-10-20)25(2,3)4/h8-13,16,22,31H,5-7,14-15,17-18H2,1-4H3,(H2,26,28,29). The monoisotopic (exact) mass is 423 g/mol. The Morgan fingerprint density at radius 2 is 1.81 bits per heavy atom. The molecule has 1 aliphatic heterocycles. The summed E-state index contributed by atoms with van der Waals surface area (Å²) in [7, 11) is 0. The number of nitrogens with zero attached hydrogens (tertiary/aromatic N) is 3. The molecule has 0 radical (unpaired) electrons. The zero-order valence-electron chi connectivity index (χ0n) is 19.4. The molecule has 0 spiro atoms. The molecule has 0 amide bonds. The fourth-order valence-electron chi connectivity index (χ4n) is 3.67. The molecular formula is C25H37N5O. The average Bonchev–Trinajstić information content (AvgIpc) is 3.30. The highest BCUT2D eigenvalue weighted by Crippen LogP contribution is 2.24. The van der Waals surface area contributed by atoms with Gasteiger partial charge in [-0.15, -0.1) is 0 Å². The van der Waals surface area contributed by atoms with E-state index in [1.807, 2.05) is 25.3 Å². The Labute approximate surface area is 186 Å². The van der Waals surface area contributed by atoms with Crippen LogP contribution >= 0.6 is 0 Å². The van der Waals surface area contributed by atoms with E-state index < -0.39 is 6.10 Å². The van der Waals surface area contributed by atoms with Gasteiger partial charge in [-0.25, -0.2) is 9.98 Å². The van der Waals surface area contributed by atoms with Crippen LogP contribution in [0, 0.1) is 0 Å². The minimum absolute atomic E-state index is 0.105. The van der Waals surface area contributed by atoms with Crippen LogP contribution in [0.2, 0.25) is 0 Å². The number of hydrogen-bond donors (Lipinski definition) is 3. The number of aliphatic imine (C=N–C) groups is 1. The van der Waals surface area contributed by atoms with E-state index in [0.717, 1.165) is 36.6 Å². The van der Waals surface area contributed by atoms with Gasteiger partial charge in [0, 0.05) is 32.4 Å². The summed E-state index contributed by atoms with van der Waals surface area (Å²) in [6, 6.07) is 12.4. The second-order valence-electron chi connectivity index (χ2n) is 9.18. The van der Waals surface area contributed by atoms with Gasteiger partial charge in [-0.2, -0.15) is 0 Å². The Morgan fingerprint density at radius 3 is 2.39 bits per heavy atom. The third-order valence-corrected chi connectivity index (χ3v) is 5.63. The first kappa shape index (κ1) is 23.1. The van der Waals surface area contributed by atoms with Gasteiger partial charge in [-0.1, -0.05) is 51.1 Å². The summed E-state index contributed by atoms with van der Waals surface area (Å²) in [6.45, 7) is 12.5. The minimum atomic E-state index is -0.598. The molecule has 2 aromatic rings. The highest BCUT2D eigenvalue weighted by Gasteiger charge is 2.15. The summed E-state index contributed by atoms with van der Waals surface area (Å²) < 4.78 is 0. The normalized spacial score (nSPS) is 15.8. The number of hydrogen-bond acceptors (Lipinski definition) is 4. The minimum Gasteiger partial charge on any atom is -0.387 e. The fourth-order valence-corrected chi connectivity index (χ4v) is 3.67. The smallest absolute Gasteiger partial charge is 0.191 e. The van der Waals surface area contributed by atoms with Crippen molar-refractivity contribution in [1.82, 2.24) is 15.6 Å². The van der Waals surface area contributed by atoms with Gasteiger partial charge >= 0.3 is 0 Å². The van der Waals surface area contributed by atoms with E-state index in [1.54, 1.807) is 0 Å². The van der Waals surface area contributed by atoms with Gasteiger partial charge < -0.3 is 20.6 Å². The number of aliphatic hydroxyl groups is 1. The van der Waals surface area contributed by atoms with Crippen molar-refractivity contribution in [1.29, 1.82) is 0 Å². The fraction of sp³-hybridized carbons (Fsp3) is 0.520. The Kier molecular flexibility index (Phi) is 7.91. The van der Waals surface area contributed by atoms with Crippen LogP contribution in [0.1, 0.15) is 63.3 Å². The summed E-state index contributed by atoms with van der Waals surface area (Å²) in [5, 5.41) is 17.1. The Hall–Kier alpha value is -2.60. The molecule has 1 unspecified atom stereocenters. The van der Waals surface area contributed by atoms with Crippen molar-refractivity contribution < 1.29 is 5.11 Å². The van der Waals surface area contributed by atoms with Crippen LogP contribution in [0.3, 0.4) is 0 Å². The average molecular weight is 424 g/mol. The van der Waals surface area contributed by atoms with Gasteiger partial charge in [0.15, 0.2) is 5.96 Å². The summed E-state index contributed by atoms with van der Waals surface area (Å²) in [6.07, 6.45) is 3.81. The van der Waals surface area contributed by atoms with Crippen molar-refractivity contribution >= 4 is 11.8 Å². The molecule has 6 nitrogen and oxygen atoms in total. The van der Waals surface area contributed by atoms with Crippen molar-refractivity contribution in [2.45, 2.75) is 58.6 Å². The highest BCUT2D eigenvalue weighted by molar-refractivity contribution is 5.79. The summed E-state index contributed by atoms with van der Waals surface area (Å²) >= 11 is 0. The number of anilines is 1. The first-order chi connectivity index (χ1) is 14.9.